The van der Waals surface area contributed by atoms with Crippen molar-refractivity contribution in [2.75, 3.05) is 18.0 Å². The third-order valence-corrected chi connectivity index (χ3v) is 7.28. The van der Waals surface area contributed by atoms with Crippen molar-refractivity contribution in [3.63, 3.8) is 0 Å². The van der Waals surface area contributed by atoms with Crippen LogP contribution in [0.2, 0.25) is 10.0 Å². The lowest BCUT2D eigenvalue weighted by molar-refractivity contribution is -0.392. The van der Waals surface area contributed by atoms with Crippen molar-refractivity contribution in [2.45, 2.75) is 18.4 Å². The van der Waals surface area contributed by atoms with Crippen LogP contribution in [-0.4, -0.2) is 42.5 Å². The normalized spacial score (nSPS) is 11.3. The van der Waals surface area contributed by atoms with Gasteiger partial charge in [-0.2, -0.15) is 0 Å². The maximum atomic E-state index is 13.1. The third-order valence-electron chi connectivity index (χ3n) is 4.76. The predicted molar refractivity (Wildman–Crippen MR) is 122 cm³/mol. The van der Waals surface area contributed by atoms with E-state index >= 15 is 0 Å². The van der Waals surface area contributed by atoms with Crippen LogP contribution >= 0.6 is 23.2 Å². The Balaban J connectivity index is 1.78. The van der Waals surface area contributed by atoms with E-state index in [9.17, 15) is 23.3 Å². The van der Waals surface area contributed by atoms with Crippen LogP contribution in [0.1, 0.15) is 16.2 Å². The van der Waals surface area contributed by atoms with Crippen molar-refractivity contribution in [3.8, 4) is 0 Å². The second-order valence-electron chi connectivity index (χ2n) is 6.80. The minimum absolute atomic E-state index is 0.00589. The highest BCUT2D eigenvalue weighted by Gasteiger charge is 2.26. The van der Waals surface area contributed by atoms with Crippen molar-refractivity contribution in [3.05, 3.63) is 80.2 Å². The Morgan fingerprint density at radius 3 is 2.52 bits per heavy atom. The molecular weight excluding hydrogens is 495 g/mol. The highest BCUT2D eigenvalue weighted by atomic mass is 35.5. The zero-order valence-electron chi connectivity index (χ0n) is 17.4. The van der Waals surface area contributed by atoms with E-state index in [1.165, 1.54) is 35.9 Å². The second-order valence-corrected chi connectivity index (χ2v) is 9.58. The van der Waals surface area contributed by atoms with Crippen molar-refractivity contribution < 1.29 is 22.9 Å². The summed E-state index contributed by atoms with van der Waals surface area (Å²) in [4.78, 5) is 26.6. The van der Waals surface area contributed by atoms with Crippen LogP contribution in [0, 0.1) is 17.0 Å². The topological polar surface area (TPSA) is 125 Å². The Morgan fingerprint density at radius 2 is 1.88 bits per heavy atom. The van der Waals surface area contributed by atoms with Crippen molar-refractivity contribution >= 4 is 50.7 Å². The monoisotopic (exact) mass is 512 g/mol. The van der Waals surface area contributed by atoms with Gasteiger partial charge in [0.2, 0.25) is 0 Å². The number of ether oxygens (including phenoxy) is 1. The predicted octanol–water partition coefficient (Wildman–Crippen LogP) is 4.09. The molecule has 0 aliphatic rings. The summed E-state index contributed by atoms with van der Waals surface area (Å²) in [6.45, 7) is 1.40. The molecule has 3 aromatic rings. The number of esters is 1. The molecule has 1 heterocycles. The van der Waals surface area contributed by atoms with Gasteiger partial charge >= 0.3 is 11.8 Å². The maximum Gasteiger partial charge on any atom is 0.342 e. The van der Waals surface area contributed by atoms with Crippen LogP contribution in [0.25, 0.3) is 0 Å². The van der Waals surface area contributed by atoms with E-state index in [0.717, 1.165) is 16.6 Å². The van der Waals surface area contributed by atoms with E-state index in [1.54, 1.807) is 19.1 Å². The summed E-state index contributed by atoms with van der Waals surface area (Å²) in [5.74, 6) is -0.644. The van der Waals surface area contributed by atoms with Gasteiger partial charge in [-0.15, -0.1) is 0 Å². The fraction of sp³-hybridized carbons (Fsp3) is 0.200. The first-order valence-electron chi connectivity index (χ1n) is 9.40. The molecule has 0 atom stereocenters. The van der Waals surface area contributed by atoms with Crippen molar-refractivity contribution in [2.24, 2.45) is 0 Å². The lowest BCUT2D eigenvalue weighted by Crippen LogP contribution is -2.27. The van der Waals surface area contributed by atoms with E-state index in [2.05, 4.69) is 4.98 Å². The van der Waals surface area contributed by atoms with Gasteiger partial charge in [0.25, 0.3) is 10.0 Å². The number of halogens is 2. The molecule has 10 nitrogen and oxygen atoms in total. The Kier molecular flexibility index (Phi) is 7.25. The first kappa shape index (κ1) is 24.5. The van der Waals surface area contributed by atoms with E-state index in [-0.39, 0.29) is 34.5 Å². The molecule has 0 aliphatic carbocycles. The molecule has 3 rings (SSSR count). The number of aromatic nitrogens is 2. The minimum atomic E-state index is -4.11. The SMILES string of the molecule is Cc1ncc([N+](=O)[O-])n1CCOC(=O)c1ccc(Cl)c(S(=O)(=O)N(C)c2ccc(Cl)cc2)c1. The Labute approximate surface area is 199 Å². The van der Waals surface area contributed by atoms with Gasteiger partial charge in [0.1, 0.15) is 24.2 Å². The zero-order chi connectivity index (χ0) is 24.3. The highest BCUT2D eigenvalue weighted by molar-refractivity contribution is 7.93. The lowest BCUT2D eigenvalue weighted by Gasteiger charge is -2.20. The molecule has 0 fully saturated rings. The van der Waals surface area contributed by atoms with Gasteiger partial charge in [-0.25, -0.2) is 22.8 Å². The summed E-state index contributed by atoms with van der Waals surface area (Å²) < 4.78 is 33.7. The molecule has 0 saturated carbocycles. The first-order chi connectivity index (χ1) is 15.5. The van der Waals surface area contributed by atoms with Crippen LogP contribution in [0.3, 0.4) is 0 Å². The number of hydrogen-bond donors (Lipinski definition) is 0. The molecule has 174 valence electrons. The Hall–Kier alpha value is -3.15. The van der Waals surface area contributed by atoms with E-state index < -0.39 is 20.9 Å². The Bertz CT molecular complexity index is 1310. The van der Waals surface area contributed by atoms with Crippen LogP contribution in [0.5, 0.6) is 0 Å². The molecule has 0 saturated heterocycles. The molecule has 13 heteroatoms. The quantitative estimate of drug-likeness (QED) is 0.252. The fourth-order valence-electron chi connectivity index (χ4n) is 2.96. The summed E-state index contributed by atoms with van der Waals surface area (Å²) in [5.41, 5.74) is 0.306. The average Bonchev–Trinajstić information content (AvgIpc) is 3.14. The van der Waals surface area contributed by atoms with Crippen LogP contribution in [0.4, 0.5) is 11.5 Å². The molecule has 0 bridgehead atoms. The molecule has 1 aromatic heterocycles. The number of imidazole rings is 1. The van der Waals surface area contributed by atoms with Gasteiger partial charge < -0.3 is 14.9 Å². The number of anilines is 1. The molecule has 33 heavy (non-hydrogen) atoms. The number of rotatable bonds is 8. The van der Waals surface area contributed by atoms with Gasteiger partial charge in [-0.3, -0.25) is 4.31 Å². The van der Waals surface area contributed by atoms with Crippen molar-refractivity contribution in [1.82, 2.24) is 9.55 Å². The van der Waals surface area contributed by atoms with Crippen LogP contribution in [0.15, 0.2) is 53.6 Å². The van der Waals surface area contributed by atoms with E-state index in [1.807, 2.05) is 0 Å². The minimum Gasteiger partial charge on any atom is -0.458 e. The van der Waals surface area contributed by atoms with Gasteiger partial charge in [0, 0.05) is 19.0 Å². The number of carbonyl (C=O) groups is 1. The van der Waals surface area contributed by atoms with Gasteiger partial charge in [0.15, 0.2) is 5.82 Å². The molecular formula is C20H18Cl2N4O6S. The number of aryl methyl sites for hydroxylation is 1. The third kappa shape index (κ3) is 5.27. The Morgan fingerprint density at radius 1 is 1.21 bits per heavy atom. The first-order valence-corrected chi connectivity index (χ1v) is 11.6. The van der Waals surface area contributed by atoms with Crippen molar-refractivity contribution in [1.29, 1.82) is 0 Å². The average molecular weight is 513 g/mol. The fourth-order valence-corrected chi connectivity index (χ4v) is 4.78. The number of carbonyl (C=O) groups excluding carboxylic acids is 1. The second kappa shape index (κ2) is 9.77. The molecule has 2 aromatic carbocycles. The molecule has 0 unspecified atom stereocenters. The molecule has 0 N–H and O–H groups in total. The standard InChI is InChI=1S/C20H18Cl2N4O6S/c1-13-23-12-19(26(28)29)25(13)9-10-32-20(27)14-3-8-17(22)18(11-14)33(30,31)24(2)16-6-4-15(21)5-7-16/h3-8,11-12H,9-10H2,1-2H3. The number of sulfonamides is 1. The number of hydrogen-bond acceptors (Lipinski definition) is 7. The summed E-state index contributed by atoms with van der Waals surface area (Å²) in [6.07, 6.45) is 1.12. The summed E-state index contributed by atoms with van der Waals surface area (Å²) in [5, 5.41) is 11.4. The van der Waals surface area contributed by atoms with E-state index in [0.29, 0.717) is 16.5 Å². The van der Waals surface area contributed by atoms with Gasteiger partial charge in [0.05, 0.1) is 16.3 Å². The summed E-state index contributed by atoms with van der Waals surface area (Å²) >= 11 is 12.0. The van der Waals surface area contributed by atoms with Crippen LogP contribution < -0.4 is 4.31 Å². The number of benzene rings is 2. The molecule has 0 spiro atoms. The highest BCUT2D eigenvalue weighted by Crippen LogP contribution is 2.29. The van der Waals surface area contributed by atoms with Gasteiger partial charge in [-0.1, -0.05) is 23.2 Å². The number of nitro groups is 1. The smallest absolute Gasteiger partial charge is 0.342 e. The molecule has 0 radical (unpaired) electrons. The number of nitrogens with zero attached hydrogens (tertiary/aromatic N) is 4. The summed E-state index contributed by atoms with van der Waals surface area (Å²) in [6, 6.07) is 9.89. The zero-order valence-corrected chi connectivity index (χ0v) is 19.8. The lowest BCUT2D eigenvalue weighted by atomic mass is 10.2. The van der Waals surface area contributed by atoms with Gasteiger partial charge in [-0.05, 0) is 47.4 Å². The molecule has 0 amide bonds. The van der Waals surface area contributed by atoms with E-state index in [4.69, 9.17) is 27.9 Å². The maximum absolute atomic E-state index is 13.1. The van der Waals surface area contributed by atoms with Crippen LogP contribution in [-0.2, 0) is 21.3 Å². The largest absolute Gasteiger partial charge is 0.458 e. The summed E-state index contributed by atoms with van der Waals surface area (Å²) in [7, 11) is -2.76. The molecule has 0 aliphatic heterocycles.